The quantitative estimate of drug-likeness (QED) is 0.670. The van der Waals surface area contributed by atoms with Crippen molar-refractivity contribution < 1.29 is 0 Å². The van der Waals surface area contributed by atoms with Gasteiger partial charge in [-0.3, -0.25) is 4.90 Å². The van der Waals surface area contributed by atoms with E-state index in [9.17, 15) is 0 Å². The molecular formula is C17H23N. The van der Waals surface area contributed by atoms with Crippen LogP contribution in [0.15, 0.2) is 24.3 Å². The third-order valence-electron chi connectivity index (χ3n) is 5.64. The summed E-state index contributed by atoms with van der Waals surface area (Å²) in [7, 11) is 0. The van der Waals surface area contributed by atoms with Gasteiger partial charge in [0.1, 0.15) is 0 Å². The molecule has 96 valence electrons. The van der Waals surface area contributed by atoms with Gasteiger partial charge in [-0.25, -0.2) is 0 Å². The Morgan fingerprint density at radius 1 is 0.944 bits per heavy atom. The maximum absolute atomic E-state index is 2.79. The Kier molecular flexibility index (Phi) is 2.69. The third kappa shape index (κ3) is 1.72. The van der Waals surface area contributed by atoms with Gasteiger partial charge in [0.15, 0.2) is 0 Å². The Morgan fingerprint density at radius 2 is 1.78 bits per heavy atom. The van der Waals surface area contributed by atoms with E-state index in [1.165, 1.54) is 51.6 Å². The van der Waals surface area contributed by atoms with Crippen LogP contribution in [0.25, 0.3) is 0 Å². The minimum atomic E-state index is 0.860. The Balaban J connectivity index is 1.64. The highest BCUT2D eigenvalue weighted by Crippen LogP contribution is 2.43. The van der Waals surface area contributed by atoms with E-state index in [0.717, 1.165) is 17.9 Å². The topological polar surface area (TPSA) is 3.24 Å². The van der Waals surface area contributed by atoms with E-state index in [1.54, 1.807) is 11.1 Å². The first-order chi connectivity index (χ1) is 8.92. The van der Waals surface area contributed by atoms with Crippen molar-refractivity contribution in [2.45, 2.75) is 51.1 Å². The summed E-state index contributed by atoms with van der Waals surface area (Å²) in [4.78, 5) is 2.79. The molecule has 1 saturated carbocycles. The number of piperidine rings is 1. The van der Waals surface area contributed by atoms with E-state index < -0.39 is 0 Å². The van der Waals surface area contributed by atoms with Gasteiger partial charge in [0.2, 0.25) is 0 Å². The van der Waals surface area contributed by atoms with Crippen LogP contribution >= 0.6 is 0 Å². The van der Waals surface area contributed by atoms with Crippen molar-refractivity contribution in [3.63, 3.8) is 0 Å². The molecule has 1 aliphatic carbocycles. The van der Waals surface area contributed by atoms with Crippen LogP contribution < -0.4 is 0 Å². The Bertz CT molecular complexity index is 439. The van der Waals surface area contributed by atoms with Crippen LogP contribution in [-0.4, -0.2) is 17.5 Å². The summed E-state index contributed by atoms with van der Waals surface area (Å²) in [5.41, 5.74) is 3.22. The Morgan fingerprint density at radius 3 is 2.72 bits per heavy atom. The maximum atomic E-state index is 2.79. The molecular weight excluding hydrogens is 218 g/mol. The highest BCUT2D eigenvalue weighted by atomic mass is 15.2. The lowest BCUT2D eigenvalue weighted by Crippen LogP contribution is -2.52. The zero-order valence-corrected chi connectivity index (χ0v) is 11.1. The first-order valence-corrected chi connectivity index (χ1v) is 7.72. The highest BCUT2D eigenvalue weighted by Gasteiger charge is 2.40. The number of hydrogen-bond acceptors (Lipinski definition) is 1. The lowest BCUT2D eigenvalue weighted by Gasteiger charge is -2.50. The summed E-state index contributed by atoms with van der Waals surface area (Å²) in [5, 5.41) is 0. The van der Waals surface area contributed by atoms with Gasteiger partial charge in [-0.15, -0.1) is 0 Å². The lowest BCUT2D eigenvalue weighted by molar-refractivity contribution is 0.0117. The molecule has 0 N–H and O–H groups in total. The summed E-state index contributed by atoms with van der Waals surface area (Å²) in [5.74, 6) is 2.05. The minimum Gasteiger partial charge on any atom is -0.295 e. The number of hydrogen-bond donors (Lipinski definition) is 0. The van der Waals surface area contributed by atoms with Crippen molar-refractivity contribution in [3.8, 4) is 0 Å². The van der Waals surface area contributed by atoms with Gasteiger partial charge < -0.3 is 0 Å². The summed E-state index contributed by atoms with van der Waals surface area (Å²) >= 11 is 0. The number of rotatable bonds is 0. The first kappa shape index (κ1) is 11.0. The Hall–Kier alpha value is -0.820. The van der Waals surface area contributed by atoms with E-state index in [1.807, 2.05) is 0 Å². The van der Waals surface area contributed by atoms with Crippen molar-refractivity contribution in [3.05, 3.63) is 35.4 Å². The van der Waals surface area contributed by atoms with Crippen molar-refractivity contribution in [2.24, 2.45) is 11.8 Å². The molecule has 2 heterocycles. The molecule has 1 aromatic rings. The monoisotopic (exact) mass is 241 g/mol. The second kappa shape index (κ2) is 4.38. The molecule has 2 fully saturated rings. The molecule has 0 amide bonds. The van der Waals surface area contributed by atoms with Crippen LogP contribution in [0.3, 0.4) is 0 Å². The van der Waals surface area contributed by atoms with Crippen LogP contribution in [-0.2, 0) is 13.0 Å². The summed E-state index contributed by atoms with van der Waals surface area (Å²) in [6, 6.07) is 9.97. The standard InChI is InChI=1S/C17H23N/c1-2-7-15-12-18-10-9-13-5-3-4-8-16(13)17(18)11-14(15)6-1/h1-2,6-7,13,16-17H,3-5,8-12H2/t13-,16-,17-/m0/s1. The van der Waals surface area contributed by atoms with E-state index >= 15 is 0 Å². The second-order valence-electron chi connectivity index (χ2n) is 6.51. The van der Waals surface area contributed by atoms with Crippen molar-refractivity contribution in [2.75, 3.05) is 6.54 Å². The normalized spacial score (nSPS) is 35.4. The molecule has 0 radical (unpaired) electrons. The fourth-order valence-corrected chi connectivity index (χ4v) is 4.70. The van der Waals surface area contributed by atoms with Gasteiger partial charge in [0, 0.05) is 12.6 Å². The summed E-state index contributed by atoms with van der Waals surface area (Å²) in [6.45, 7) is 2.56. The number of nitrogens with zero attached hydrogens (tertiary/aromatic N) is 1. The second-order valence-corrected chi connectivity index (χ2v) is 6.51. The van der Waals surface area contributed by atoms with Gasteiger partial charge in [0.25, 0.3) is 0 Å². The maximum Gasteiger partial charge on any atom is 0.0239 e. The van der Waals surface area contributed by atoms with E-state index in [2.05, 4.69) is 29.2 Å². The van der Waals surface area contributed by atoms with Gasteiger partial charge >= 0.3 is 0 Å². The van der Waals surface area contributed by atoms with E-state index in [-0.39, 0.29) is 0 Å². The van der Waals surface area contributed by atoms with Gasteiger partial charge in [-0.05, 0) is 48.8 Å². The molecule has 1 aromatic carbocycles. The van der Waals surface area contributed by atoms with Gasteiger partial charge in [0.05, 0.1) is 0 Å². The van der Waals surface area contributed by atoms with Crippen LogP contribution in [0.2, 0.25) is 0 Å². The fraction of sp³-hybridized carbons (Fsp3) is 0.647. The smallest absolute Gasteiger partial charge is 0.0239 e. The van der Waals surface area contributed by atoms with Crippen LogP contribution in [0.5, 0.6) is 0 Å². The van der Waals surface area contributed by atoms with Crippen LogP contribution in [0.1, 0.15) is 43.2 Å². The molecule has 3 atom stereocenters. The molecule has 2 aliphatic heterocycles. The predicted molar refractivity (Wildman–Crippen MR) is 74.4 cm³/mol. The fourth-order valence-electron chi connectivity index (χ4n) is 4.70. The van der Waals surface area contributed by atoms with Crippen LogP contribution in [0, 0.1) is 11.8 Å². The first-order valence-electron chi connectivity index (χ1n) is 7.72. The molecule has 0 spiro atoms. The summed E-state index contributed by atoms with van der Waals surface area (Å²) in [6.07, 6.45) is 8.75. The Labute approximate surface area is 110 Å². The largest absolute Gasteiger partial charge is 0.295 e. The predicted octanol–water partition coefficient (Wildman–Crippen LogP) is 3.62. The van der Waals surface area contributed by atoms with Gasteiger partial charge in [-0.2, -0.15) is 0 Å². The average Bonchev–Trinajstić information content (AvgIpc) is 2.45. The molecule has 4 rings (SSSR count). The molecule has 1 nitrogen and oxygen atoms in total. The van der Waals surface area contributed by atoms with Crippen LogP contribution in [0.4, 0.5) is 0 Å². The number of benzene rings is 1. The molecule has 1 saturated heterocycles. The van der Waals surface area contributed by atoms with E-state index in [0.29, 0.717) is 0 Å². The minimum absolute atomic E-state index is 0.860. The molecule has 0 bridgehead atoms. The lowest BCUT2D eigenvalue weighted by atomic mass is 9.68. The molecule has 1 heteroatoms. The molecule has 0 unspecified atom stereocenters. The number of fused-ring (bicyclic) bond motifs is 4. The van der Waals surface area contributed by atoms with E-state index in [4.69, 9.17) is 0 Å². The SMILES string of the molecule is c1ccc2c(c1)C[C@H]1[C@H]3CCCC[C@H]3CCN1C2. The average molecular weight is 241 g/mol. The van der Waals surface area contributed by atoms with Crippen molar-refractivity contribution in [1.82, 2.24) is 4.90 Å². The zero-order chi connectivity index (χ0) is 11.9. The molecule has 0 aromatic heterocycles. The highest BCUT2D eigenvalue weighted by molar-refractivity contribution is 5.30. The zero-order valence-electron chi connectivity index (χ0n) is 11.1. The third-order valence-corrected chi connectivity index (χ3v) is 5.64. The van der Waals surface area contributed by atoms with Crippen molar-refractivity contribution in [1.29, 1.82) is 0 Å². The molecule has 3 aliphatic rings. The summed E-state index contributed by atoms with van der Waals surface area (Å²) < 4.78 is 0. The van der Waals surface area contributed by atoms with Crippen molar-refractivity contribution >= 4 is 0 Å². The van der Waals surface area contributed by atoms with Gasteiger partial charge in [-0.1, -0.05) is 43.5 Å². The molecule has 18 heavy (non-hydrogen) atoms.